The molecule has 0 bridgehead atoms. The van der Waals surface area contributed by atoms with Gasteiger partial charge >= 0.3 is 0 Å². The third-order valence-corrected chi connectivity index (χ3v) is 4.05. The van der Waals surface area contributed by atoms with Crippen molar-refractivity contribution in [3.8, 4) is 0 Å². The minimum Gasteiger partial charge on any atom is -0.307 e. The van der Waals surface area contributed by atoms with Gasteiger partial charge in [-0.3, -0.25) is 4.98 Å². The highest BCUT2D eigenvalue weighted by Crippen LogP contribution is 2.28. The lowest BCUT2D eigenvalue weighted by atomic mass is 9.84. The Morgan fingerprint density at radius 3 is 2.82 bits per heavy atom. The van der Waals surface area contributed by atoms with Crippen molar-refractivity contribution in [3.05, 3.63) is 30.1 Å². The van der Waals surface area contributed by atoms with Crippen molar-refractivity contribution in [2.75, 3.05) is 0 Å². The van der Waals surface area contributed by atoms with Crippen LogP contribution in [0.1, 0.15) is 57.6 Å². The Morgan fingerprint density at radius 2 is 2.12 bits per heavy atom. The zero-order valence-corrected chi connectivity index (χ0v) is 11.0. The smallest absolute Gasteiger partial charge is 0.0295 e. The van der Waals surface area contributed by atoms with Crippen molar-refractivity contribution in [3.63, 3.8) is 0 Å². The van der Waals surface area contributed by atoms with Gasteiger partial charge in [0.05, 0.1) is 0 Å². The van der Waals surface area contributed by atoms with Gasteiger partial charge in [-0.2, -0.15) is 0 Å². The predicted molar refractivity (Wildman–Crippen MR) is 71.8 cm³/mol. The van der Waals surface area contributed by atoms with Crippen LogP contribution in [0.25, 0.3) is 0 Å². The van der Waals surface area contributed by atoms with Crippen LogP contribution in [0.3, 0.4) is 0 Å². The van der Waals surface area contributed by atoms with Gasteiger partial charge in [0.1, 0.15) is 0 Å². The monoisotopic (exact) mass is 232 g/mol. The van der Waals surface area contributed by atoms with Crippen LogP contribution in [0.15, 0.2) is 24.5 Å². The first-order valence-electron chi connectivity index (χ1n) is 6.95. The molecule has 0 aromatic carbocycles. The topological polar surface area (TPSA) is 24.9 Å². The maximum atomic E-state index is 4.07. The molecular weight excluding hydrogens is 208 g/mol. The summed E-state index contributed by atoms with van der Waals surface area (Å²) in [5, 5.41) is 3.77. The molecule has 0 aliphatic heterocycles. The summed E-state index contributed by atoms with van der Waals surface area (Å²) in [5.74, 6) is 0.936. The molecule has 2 nitrogen and oxygen atoms in total. The number of nitrogens with zero attached hydrogens (tertiary/aromatic N) is 1. The molecule has 0 radical (unpaired) electrons. The molecule has 1 N–H and O–H groups in total. The quantitative estimate of drug-likeness (QED) is 0.856. The maximum Gasteiger partial charge on any atom is 0.0295 e. The lowest BCUT2D eigenvalue weighted by Crippen LogP contribution is -2.35. The Kier molecular flexibility index (Phi) is 4.55. The van der Waals surface area contributed by atoms with Gasteiger partial charge in [0, 0.05) is 24.5 Å². The van der Waals surface area contributed by atoms with Gasteiger partial charge in [-0.25, -0.2) is 0 Å². The van der Waals surface area contributed by atoms with Crippen LogP contribution < -0.4 is 5.32 Å². The average Bonchev–Trinajstić information content (AvgIpc) is 2.40. The Hall–Kier alpha value is -0.890. The molecule has 1 heterocycles. The van der Waals surface area contributed by atoms with E-state index < -0.39 is 0 Å². The standard InChI is InChI=1S/C15H24N2/c1-3-13-5-4-6-15(11-13)17-12(2)14-7-9-16-10-8-14/h7-10,12-13,15,17H,3-6,11H2,1-2H3/t12-,13?,15?/m1/s1. The van der Waals surface area contributed by atoms with Crippen molar-refractivity contribution in [1.29, 1.82) is 0 Å². The van der Waals surface area contributed by atoms with E-state index in [9.17, 15) is 0 Å². The second kappa shape index (κ2) is 6.15. The predicted octanol–water partition coefficient (Wildman–Crippen LogP) is 3.70. The highest BCUT2D eigenvalue weighted by molar-refractivity contribution is 5.14. The summed E-state index contributed by atoms with van der Waals surface area (Å²) in [6, 6.07) is 5.37. The molecule has 3 atom stereocenters. The van der Waals surface area contributed by atoms with Crippen LogP contribution >= 0.6 is 0 Å². The Labute approximate surface area is 105 Å². The molecule has 1 aliphatic carbocycles. The molecule has 2 heteroatoms. The van der Waals surface area contributed by atoms with Gasteiger partial charge in [0.2, 0.25) is 0 Å². The van der Waals surface area contributed by atoms with Gasteiger partial charge in [0.25, 0.3) is 0 Å². The molecule has 2 unspecified atom stereocenters. The third-order valence-electron chi connectivity index (χ3n) is 4.05. The Bertz CT molecular complexity index is 323. The number of hydrogen-bond acceptors (Lipinski definition) is 2. The van der Waals surface area contributed by atoms with Crippen LogP contribution in [-0.4, -0.2) is 11.0 Å². The second-order valence-corrected chi connectivity index (χ2v) is 5.31. The van der Waals surface area contributed by atoms with E-state index in [4.69, 9.17) is 0 Å². The SMILES string of the molecule is CCC1CCCC(N[C@H](C)c2ccncc2)C1. The zero-order chi connectivity index (χ0) is 12.1. The van der Waals surface area contributed by atoms with E-state index in [1.165, 1.54) is 37.7 Å². The van der Waals surface area contributed by atoms with Gasteiger partial charge in [-0.05, 0) is 43.4 Å². The van der Waals surface area contributed by atoms with Crippen LogP contribution in [0.2, 0.25) is 0 Å². The molecule has 0 spiro atoms. The molecule has 1 fully saturated rings. The van der Waals surface area contributed by atoms with Crippen molar-refractivity contribution < 1.29 is 0 Å². The van der Waals surface area contributed by atoms with Gasteiger partial charge < -0.3 is 5.32 Å². The first-order chi connectivity index (χ1) is 8.29. The van der Waals surface area contributed by atoms with Crippen LogP contribution in [0.5, 0.6) is 0 Å². The zero-order valence-electron chi connectivity index (χ0n) is 11.0. The molecule has 1 aliphatic rings. The van der Waals surface area contributed by atoms with Crippen molar-refractivity contribution in [2.45, 2.75) is 58.0 Å². The lowest BCUT2D eigenvalue weighted by Gasteiger charge is -2.31. The molecule has 0 amide bonds. The van der Waals surface area contributed by atoms with Crippen molar-refractivity contribution >= 4 is 0 Å². The summed E-state index contributed by atoms with van der Waals surface area (Å²) < 4.78 is 0. The molecule has 1 aromatic heterocycles. The lowest BCUT2D eigenvalue weighted by molar-refractivity contribution is 0.266. The number of nitrogens with one attached hydrogen (secondary N) is 1. The average molecular weight is 232 g/mol. The van der Waals surface area contributed by atoms with E-state index in [2.05, 4.69) is 36.3 Å². The molecule has 2 rings (SSSR count). The Morgan fingerprint density at radius 1 is 1.35 bits per heavy atom. The number of pyridine rings is 1. The maximum absolute atomic E-state index is 4.07. The van der Waals surface area contributed by atoms with E-state index in [1.807, 2.05) is 12.4 Å². The van der Waals surface area contributed by atoms with Crippen LogP contribution in [0, 0.1) is 5.92 Å². The number of rotatable bonds is 4. The summed E-state index contributed by atoms with van der Waals surface area (Å²) in [4.78, 5) is 4.07. The second-order valence-electron chi connectivity index (χ2n) is 5.31. The van der Waals surface area contributed by atoms with Crippen molar-refractivity contribution in [1.82, 2.24) is 10.3 Å². The Balaban J connectivity index is 1.88. The fraction of sp³-hybridized carbons (Fsp3) is 0.667. The minimum absolute atomic E-state index is 0.443. The van der Waals surface area contributed by atoms with E-state index in [-0.39, 0.29) is 0 Å². The van der Waals surface area contributed by atoms with Gasteiger partial charge in [-0.15, -0.1) is 0 Å². The molecule has 1 saturated carbocycles. The first kappa shape index (κ1) is 12.6. The summed E-state index contributed by atoms with van der Waals surface area (Å²) in [6.45, 7) is 4.57. The first-order valence-corrected chi connectivity index (χ1v) is 6.95. The molecule has 17 heavy (non-hydrogen) atoms. The molecule has 1 aromatic rings. The number of aromatic nitrogens is 1. The number of hydrogen-bond donors (Lipinski definition) is 1. The molecule has 94 valence electrons. The third kappa shape index (κ3) is 3.53. The van der Waals surface area contributed by atoms with E-state index in [1.54, 1.807) is 0 Å². The van der Waals surface area contributed by atoms with E-state index >= 15 is 0 Å². The van der Waals surface area contributed by atoms with Crippen LogP contribution in [0.4, 0.5) is 0 Å². The van der Waals surface area contributed by atoms with Gasteiger partial charge in [-0.1, -0.05) is 26.2 Å². The largest absolute Gasteiger partial charge is 0.307 e. The fourth-order valence-electron chi connectivity index (χ4n) is 2.92. The summed E-state index contributed by atoms with van der Waals surface area (Å²) in [7, 11) is 0. The highest BCUT2D eigenvalue weighted by atomic mass is 14.9. The fourth-order valence-corrected chi connectivity index (χ4v) is 2.92. The summed E-state index contributed by atoms with van der Waals surface area (Å²) in [5.41, 5.74) is 1.35. The minimum atomic E-state index is 0.443. The molecular formula is C15H24N2. The summed E-state index contributed by atoms with van der Waals surface area (Å²) in [6.07, 6.45) is 10.6. The molecule has 0 saturated heterocycles. The summed E-state index contributed by atoms with van der Waals surface area (Å²) >= 11 is 0. The van der Waals surface area contributed by atoms with Crippen molar-refractivity contribution in [2.24, 2.45) is 5.92 Å². The van der Waals surface area contributed by atoms with Gasteiger partial charge in [0.15, 0.2) is 0 Å². The van der Waals surface area contributed by atoms with E-state index in [0.717, 1.165) is 5.92 Å². The van der Waals surface area contributed by atoms with E-state index in [0.29, 0.717) is 12.1 Å². The van der Waals surface area contributed by atoms with Crippen LogP contribution in [-0.2, 0) is 0 Å². The normalized spacial score (nSPS) is 26.7. The highest BCUT2D eigenvalue weighted by Gasteiger charge is 2.21.